The predicted octanol–water partition coefficient (Wildman–Crippen LogP) is 2.68. The van der Waals surface area contributed by atoms with Crippen molar-refractivity contribution in [2.24, 2.45) is 5.73 Å². The molecule has 0 bridgehead atoms. The summed E-state index contributed by atoms with van der Waals surface area (Å²) in [7, 11) is 0. The summed E-state index contributed by atoms with van der Waals surface area (Å²) in [6.45, 7) is 4.34. The third-order valence-corrected chi connectivity index (χ3v) is 3.73. The number of imidazole rings is 1. The number of benzene rings is 1. The molecule has 0 aliphatic carbocycles. The molecule has 106 valence electrons. The van der Waals surface area contributed by atoms with E-state index in [9.17, 15) is 0 Å². The Kier molecular flexibility index (Phi) is 4.53. The molecule has 0 spiro atoms. The maximum Gasteiger partial charge on any atom is 0.166 e. The molecule has 1 aromatic carbocycles. The number of aromatic nitrogens is 2. The topological polar surface area (TPSA) is 87.7 Å². The van der Waals surface area contributed by atoms with Gasteiger partial charge in [-0.25, -0.2) is 4.98 Å². The van der Waals surface area contributed by atoms with Gasteiger partial charge < -0.3 is 15.5 Å². The molecule has 0 saturated carbocycles. The Morgan fingerprint density at radius 2 is 2.35 bits per heavy atom. The van der Waals surface area contributed by atoms with Crippen molar-refractivity contribution in [3.8, 4) is 11.8 Å². The number of nitriles is 1. The lowest BCUT2D eigenvalue weighted by Crippen LogP contribution is -2.34. The van der Waals surface area contributed by atoms with Gasteiger partial charge in [0.25, 0.3) is 0 Å². The van der Waals surface area contributed by atoms with Crippen molar-refractivity contribution in [1.82, 2.24) is 9.97 Å². The summed E-state index contributed by atoms with van der Waals surface area (Å²) < 4.78 is 5.46. The summed E-state index contributed by atoms with van der Waals surface area (Å²) in [5.41, 5.74) is 6.87. The van der Waals surface area contributed by atoms with E-state index in [1.54, 1.807) is 18.7 Å². The molecule has 2 aromatic rings. The number of nitrogens with zero attached hydrogens (tertiary/aromatic N) is 2. The Morgan fingerprint density at radius 3 is 3.05 bits per heavy atom. The standard InChI is InChI=1S/C14H18N4OS/c1-3-19-10-4-5-11-12(8-10)18-13(17-11)20-7-6-14(2,16)9-15/h4-5,8H,3,6-7,16H2,1-2H3,(H,17,18). The number of aromatic amines is 1. The van der Waals surface area contributed by atoms with E-state index in [0.29, 0.717) is 13.0 Å². The number of ether oxygens (including phenoxy) is 1. The summed E-state index contributed by atoms with van der Waals surface area (Å²) in [6, 6.07) is 7.88. The van der Waals surface area contributed by atoms with Gasteiger partial charge in [0.1, 0.15) is 11.3 Å². The highest BCUT2D eigenvalue weighted by Crippen LogP contribution is 2.24. The Morgan fingerprint density at radius 1 is 1.55 bits per heavy atom. The van der Waals surface area contributed by atoms with Crippen molar-refractivity contribution in [3.05, 3.63) is 18.2 Å². The van der Waals surface area contributed by atoms with E-state index in [0.717, 1.165) is 27.7 Å². The van der Waals surface area contributed by atoms with Gasteiger partial charge in [-0.05, 0) is 32.4 Å². The van der Waals surface area contributed by atoms with E-state index < -0.39 is 5.54 Å². The lowest BCUT2D eigenvalue weighted by atomic mass is 10.0. The van der Waals surface area contributed by atoms with Crippen LogP contribution in [0.5, 0.6) is 5.75 Å². The van der Waals surface area contributed by atoms with Gasteiger partial charge in [-0.3, -0.25) is 0 Å². The predicted molar refractivity (Wildman–Crippen MR) is 80.8 cm³/mol. The number of fused-ring (bicyclic) bond motifs is 1. The van der Waals surface area contributed by atoms with Crippen LogP contribution >= 0.6 is 11.8 Å². The highest BCUT2D eigenvalue weighted by atomic mass is 32.2. The molecule has 0 aliphatic rings. The second-order valence-corrected chi connectivity index (χ2v) is 5.87. The van der Waals surface area contributed by atoms with Crippen LogP contribution in [-0.4, -0.2) is 27.9 Å². The molecule has 1 unspecified atom stereocenters. The molecule has 1 aromatic heterocycles. The number of hydrogen-bond donors (Lipinski definition) is 2. The fourth-order valence-corrected chi connectivity index (χ4v) is 2.77. The third-order valence-electron chi connectivity index (χ3n) is 2.86. The van der Waals surface area contributed by atoms with Gasteiger partial charge in [0.15, 0.2) is 5.16 Å². The van der Waals surface area contributed by atoms with E-state index in [2.05, 4.69) is 16.0 Å². The molecule has 3 N–H and O–H groups in total. The first-order valence-corrected chi connectivity index (χ1v) is 7.48. The van der Waals surface area contributed by atoms with Crippen molar-refractivity contribution >= 4 is 22.8 Å². The second-order valence-electron chi connectivity index (χ2n) is 4.78. The largest absolute Gasteiger partial charge is 0.494 e. The van der Waals surface area contributed by atoms with Crippen LogP contribution in [0.15, 0.2) is 23.4 Å². The third kappa shape index (κ3) is 3.65. The molecule has 1 atom stereocenters. The highest BCUT2D eigenvalue weighted by Gasteiger charge is 2.17. The van der Waals surface area contributed by atoms with Gasteiger partial charge in [0, 0.05) is 11.8 Å². The molecular formula is C14H18N4OS. The van der Waals surface area contributed by atoms with E-state index in [4.69, 9.17) is 15.7 Å². The number of hydrogen-bond acceptors (Lipinski definition) is 5. The van der Waals surface area contributed by atoms with Crippen molar-refractivity contribution in [3.63, 3.8) is 0 Å². The van der Waals surface area contributed by atoms with Gasteiger partial charge in [-0.15, -0.1) is 0 Å². The monoisotopic (exact) mass is 290 g/mol. The molecule has 6 heteroatoms. The first kappa shape index (κ1) is 14.7. The number of nitrogens with two attached hydrogens (primary N) is 1. The SMILES string of the molecule is CCOc1ccc2nc(SCCC(C)(N)C#N)[nH]c2c1. The van der Waals surface area contributed by atoms with Crippen molar-refractivity contribution in [2.75, 3.05) is 12.4 Å². The molecule has 2 rings (SSSR count). The quantitative estimate of drug-likeness (QED) is 0.799. The minimum absolute atomic E-state index is 0.620. The van der Waals surface area contributed by atoms with Crippen LogP contribution < -0.4 is 10.5 Å². The van der Waals surface area contributed by atoms with E-state index >= 15 is 0 Å². The minimum atomic E-state index is -0.777. The summed E-state index contributed by atoms with van der Waals surface area (Å²) >= 11 is 1.57. The average Bonchev–Trinajstić information content (AvgIpc) is 2.81. The van der Waals surface area contributed by atoms with Crippen molar-refractivity contribution in [2.45, 2.75) is 31.0 Å². The normalized spacial score (nSPS) is 13.9. The fraction of sp³-hybridized carbons (Fsp3) is 0.429. The lowest BCUT2D eigenvalue weighted by Gasteiger charge is -2.13. The zero-order valence-electron chi connectivity index (χ0n) is 11.6. The van der Waals surface area contributed by atoms with Crippen LogP contribution in [0, 0.1) is 11.3 Å². The van der Waals surface area contributed by atoms with Crippen LogP contribution in [0.2, 0.25) is 0 Å². The zero-order chi connectivity index (χ0) is 14.6. The van der Waals surface area contributed by atoms with Crippen molar-refractivity contribution < 1.29 is 4.74 Å². The van der Waals surface area contributed by atoms with Crippen LogP contribution in [0.3, 0.4) is 0 Å². The molecule has 0 saturated heterocycles. The van der Waals surface area contributed by atoms with Crippen LogP contribution in [0.1, 0.15) is 20.3 Å². The molecule has 0 aliphatic heterocycles. The smallest absolute Gasteiger partial charge is 0.166 e. The van der Waals surface area contributed by atoms with Gasteiger partial charge in [0.2, 0.25) is 0 Å². The van der Waals surface area contributed by atoms with Gasteiger partial charge in [-0.1, -0.05) is 11.8 Å². The van der Waals surface area contributed by atoms with Crippen LogP contribution in [0.25, 0.3) is 11.0 Å². The van der Waals surface area contributed by atoms with E-state index in [1.165, 1.54) is 0 Å². The molecular weight excluding hydrogens is 272 g/mol. The number of nitrogens with one attached hydrogen (secondary N) is 1. The summed E-state index contributed by atoms with van der Waals surface area (Å²) in [5.74, 6) is 1.58. The number of thioether (sulfide) groups is 1. The maximum atomic E-state index is 8.87. The van der Waals surface area contributed by atoms with Gasteiger partial charge in [0.05, 0.1) is 23.7 Å². The zero-order valence-corrected chi connectivity index (χ0v) is 12.5. The minimum Gasteiger partial charge on any atom is -0.494 e. The molecule has 0 fully saturated rings. The lowest BCUT2D eigenvalue weighted by molar-refractivity contribution is 0.340. The fourth-order valence-electron chi connectivity index (χ4n) is 1.71. The number of rotatable bonds is 6. The van der Waals surface area contributed by atoms with Crippen LogP contribution in [-0.2, 0) is 0 Å². The van der Waals surface area contributed by atoms with Crippen molar-refractivity contribution in [1.29, 1.82) is 5.26 Å². The Balaban J connectivity index is 2.03. The summed E-state index contributed by atoms with van der Waals surface area (Å²) in [4.78, 5) is 7.73. The first-order chi connectivity index (χ1) is 9.54. The summed E-state index contributed by atoms with van der Waals surface area (Å²) in [5, 5.41) is 9.70. The Hall–Kier alpha value is -1.71. The molecule has 5 nitrogen and oxygen atoms in total. The molecule has 0 amide bonds. The van der Waals surface area contributed by atoms with Gasteiger partial charge in [-0.2, -0.15) is 5.26 Å². The van der Waals surface area contributed by atoms with E-state index in [1.807, 2.05) is 25.1 Å². The first-order valence-electron chi connectivity index (χ1n) is 6.49. The van der Waals surface area contributed by atoms with E-state index in [-0.39, 0.29) is 0 Å². The molecule has 0 radical (unpaired) electrons. The average molecular weight is 290 g/mol. The Bertz CT molecular complexity index is 630. The van der Waals surface area contributed by atoms with Crippen LogP contribution in [0.4, 0.5) is 0 Å². The second kappa shape index (κ2) is 6.16. The summed E-state index contributed by atoms with van der Waals surface area (Å²) in [6.07, 6.45) is 0.620. The van der Waals surface area contributed by atoms with Gasteiger partial charge >= 0.3 is 0 Å². The maximum absolute atomic E-state index is 8.87. The molecule has 20 heavy (non-hydrogen) atoms. The highest BCUT2D eigenvalue weighted by molar-refractivity contribution is 7.99. The number of H-pyrrole nitrogens is 1. The Labute approximate surface area is 122 Å². The molecule has 1 heterocycles.